The molecule has 2 aromatic rings. The maximum Gasteiger partial charge on any atom is 0.292 e. The van der Waals surface area contributed by atoms with Gasteiger partial charge >= 0.3 is 0 Å². The Hall–Kier alpha value is -2.56. The van der Waals surface area contributed by atoms with Crippen molar-refractivity contribution in [2.45, 2.75) is 19.9 Å². The number of aryl methyl sites for hydroxylation is 1. The Labute approximate surface area is 117 Å². The van der Waals surface area contributed by atoms with Crippen LogP contribution in [0.4, 0.5) is 17.1 Å². The Bertz CT molecular complexity index is 624. The normalized spacial score (nSPS) is 11.9. The highest BCUT2D eigenvalue weighted by Gasteiger charge is 2.16. The minimum absolute atomic E-state index is 0.0444. The molecule has 0 aliphatic rings. The first-order valence-corrected chi connectivity index (χ1v) is 6.34. The minimum Gasteiger partial charge on any atom is -0.399 e. The van der Waals surface area contributed by atoms with Crippen LogP contribution in [0, 0.1) is 17.0 Å². The third kappa shape index (κ3) is 3.06. The summed E-state index contributed by atoms with van der Waals surface area (Å²) < 4.78 is 0. The number of hydrogen-bond donors (Lipinski definition) is 2. The summed E-state index contributed by atoms with van der Waals surface area (Å²) in [7, 11) is 0. The first-order valence-electron chi connectivity index (χ1n) is 6.34. The van der Waals surface area contributed by atoms with Crippen LogP contribution in [-0.4, -0.2) is 4.92 Å². The van der Waals surface area contributed by atoms with E-state index in [1.807, 2.05) is 44.2 Å². The van der Waals surface area contributed by atoms with E-state index in [0.717, 1.165) is 11.1 Å². The van der Waals surface area contributed by atoms with Crippen molar-refractivity contribution < 1.29 is 4.92 Å². The molecule has 20 heavy (non-hydrogen) atoms. The quantitative estimate of drug-likeness (QED) is 0.505. The molecule has 2 aromatic carbocycles. The molecule has 0 fully saturated rings. The topological polar surface area (TPSA) is 81.2 Å². The van der Waals surface area contributed by atoms with Gasteiger partial charge in [0.2, 0.25) is 0 Å². The van der Waals surface area contributed by atoms with E-state index in [2.05, 4.69) is 5.32 Å². The summed E-state index contributed by atoms with van der Waals surface area (Å²) in [4.78, 5) is 10.7. The number of nitro groups is 1. The van der Waals surface area contributed by atoms with E-state index in [1.165, 1.54) is 0 Å². The molecular weight excluding hydrogens is 254 g/mol. The van der Waals surface area contributed by atoms with E-state index in [-0.39, 0.29) is 16.7 Å². The second-order valence-electron chi connectivity index (χ2n) is 4.81. The van der Waals surface area contributed by atoms with Gasteiger partial charge in [-0.05, 0) is 43.2 Å². The second kappa shape index (κ2) is 5.61. The van der Waals surface area contributed by atoms with Gasteiger partial charge in [0.05, 0.1) is 4.92 Å². The number of hydrogen-bond acceptors (Lipinski definition) is 4. The number of rotatable bonds is 4. The smallest absolute Gasteiger partial charge is 0.292 e. The van der Waals surface area contributed by atoms with Gasteiger partial charge in [0.25, 0.3) is 5.69 Å². The molecule has 5 nitrogen and oxygen atoms in total. The highest BCUT2D eigenvalue weighted by molar-refractivity contribution is 5.63. The van der Waals surface area contributed by atoms with Crippen molar-refractivity contribution in [2.24, 2.45) is 0 Å². The van der Waals surface area contributed by atoms with Crippen LogP contribution >= 0.6 is 0 Å². The fraction of sp³-hybridized carbons (Fsp3) is 0.200. The van der Waals surface area contributed by atoms with E-state index in [4.69, 9.17) is 5.73 Å². The summed E-state index contributed by atoms with van der Waals surface area (Å²) in [5.41, 5.74) is 8.84. The lowest BCUT2D eigenvalue weighted by atomic mass is 10.1. The van der Waals surface area contributed by atoms with Crippen molar-refractivity contribution in [3.8, 4) is 0 Å². The van der Waals surface area contributed by atoms with Crippen LogP contribution < -0.4 is 11.1 Å². The Morgan fingerprint density at radius 2 is 1.85 bits per heavy atom. The molecule has 0 spiro atoms. The highest BCUT2D eigenvalue weighted by atomic mass is 16.6. The molecule has 0 heterocycles. The van der Waals surface area contributed by atoms with Gasteiger partial charge in [-0.25, -0.2) is 0 Å². The molecule has 0 amide bonds. The summed E-state index contributed by atoms with van der Waals surface area (Å²) in [5, 5.41) is 14.3. The molecule has 0 radical (unpaired) electrons. The van der Waals surface area contributed by atoms with Crippen LogP contribution in [0.5, 0.6) is 0 Å². The zero-order chi connectivity index (χ0) is 14.7. The number of nitrogens with zero attached hydrogens (tertiary/aromatic N) is 1. The van der Waals surface area contributed by atoms with E-state index < -0.39 is 0 Å². The molecule has 5 heteroatoms. The van der Waals surface area contributed by atoms with E-state index in [1.54, 1.807) is 12.1 Å². The lowest BCUT2D eigenvalue weighted by Gasteiger charge is -2.16. The van der Waals surface area contributed by atoms with Gasteiger partial charge in [-0.3, -0.25) is 10.1 Å². The van der Waals surface area contributed by atoms with Gasteiger partial charge < -0.3 is 11.1 Å². The van der Waals surface area contributed by atoms with Gasteiger partial charge in [-0.1, -0.05) is 18.2 Å². The molecule has 0 bridgehead atoms. The predicted molar refractivity (Wildman–Crippen MR) is 80.7 cm³/mol. The Morgan fingerprint density at radius 1 is 1.20 bits per heavy atom. The standard InChI is InChI=1S/C15H17N3O2/c1-10-3-8-14(15(9-10)18(19)20)17-11(2)12-4-6-13(16)7-5-12/h3-9,11,17H,16H2,1-2H3. The molecule has 1 atom stereocenters. The average Bonchev–Trinajstić information content (AvgIpc) is 2.41. The number of nitro benzene ring substituents is 1. The molecule has 0 aliphatic heterocycles. The van der Waals surface area contributed by atoms with Crippen LogP contribution in [0.25, 0.3) is 0 Å². The lowest BCUT2D eigenvalue weighted by molar-refractivity contribution is -0.384. The summed E-state index contributed by atoms with van der Waals surface area (Å²) in [6.45, 7) is 3.79. The number of nitrogen functional groups attached to an aromatic ring is 1. The largest absolute Gasteiger partial charge is 0.399 e. The van der Waals surface area contributed by atoms with E-state index in [9.17, 15) is 10.1 Å². The number of anilines is 2. The number of nitrogens with two attached hydrogens (primary N) is 1. The molecule has 0 saturated carbocycles. The van der Waals surface area contributed by atoms with Crippen molar-refractivity contribution in [1.29, 1.82) is 0 Å². The van der Waals surface area contributed by atoms with Crippen LogP contribution in [-0.2, 0) is 0 Å². The van der Waals surface area contributed by atoms with Crippen LogP contribution in [0.3, 0.4) is 0 Å². The third-order valence-corrected chi connectivity index (χ3v) is 3.16. The van der Waals surface area contributed by atoms with Gasteiger partial charge in [0, 0.05) is 17.8 Å². The zero-order valence-corrected chi connectivity index (χ0v) is 11.5. The van der Waals surface area contributed by atoms with Crippen LogP contribution in [0.15, 0.2) is 42.5 Å². The van der Waals surface area contributed by atoms with Gasteiger partial charge in [0.1, 0.15) is 5.69 Å². The maximum atomic E-state index is 11.1. The van der Waals surface area contributed by atoms with Crippen molar-refractivity contribution >= 4 is 17.1 Å². The fourth-order valence-electron chi connectivity index (χ4n) is 2.02. The van der Waals surface area contributed by atoms with Crippen LogP contribution in [0.1, 0.15) is 24.1 Å². The van der Waals surface area contributed by atoms with Gasteiger partial charge in [0.15, 0.2) is 0 Å². The summed E-state index contributed by atoms with van der Waals surface area (Å²) in [6, 6.07) is 12.6. The lowest BCUT2D eigenvalue weighted by Crippen LogP contribution is -2.08. The predicted octanol–water partition coefficient (Wildman–Crippen LogP) is 3.66. The maximum absolute atomic E-state index is 11.1. The Balaban J connectivity index is 2.25. The number of benzene rings is 2. The van der Waals surface area contributed by atoms with Gasteiger partial charge in [-0.2, -0.15) is 0 Å². The third-order valence-electron chi connectivity index (χ3n) is 3.16. The average molecular weight is 271 g/mol. The Morgan fingerprint density at radius 3 is 2.45 bits per heavy atom. The number of nitrogens with one attached hydrogen (secondary N) is 1. The van der Waals surface area contributed by atoms with Crippen molar-refractivity contribution in [1.82, 2.24) is 0 Å². The molecule has 1 unspecified atom stereocenters. The minimum atomic E-state index is -0.370. The Kier molecular flexibility index (Phi) is 3.89. The SMILES string of the molecule is Cc1ccc(NC(C)c2ccc(N)cc2)c([N+](=O)[O-])c1. The second-order valence-corrected chi connectivity index (χ2v) is 4.81. The molecule has 0 saturated heterocycles. The zero-order valence-electron chi connectivity index (χ0n) is 11.5. The molecular formula is C15H17N3O2. The molecule has 0 aliphatic carbocycles. The highest BCUT2D eigenvalue weighted by Crippen LogP contribution is 2.29. The molecule has 2 rings (SSSR count). The fourth-order valence-corrected chi connectivity index (χ4v) is 2.02. The summed E-state index contributed by atoms with van der Waals surface area (Å²) in [6.07, 6.45) is 0. The monoisotopic (exact) mass is 271 g/mol. The molecule has 104 valence electrons. The van der Waals surface area contributed by atoms with E-state index in [0.29, 0.717) is 11.4 Å². The summed E-state index contributed by atoms with van der Waals surface area (Å²) in [5.74, 6) is 0. The summed E-state index contributed by atoms with van der Waals surface area (Å²) >= 11 is 0. The first-order chi connectivity index (χ1) is 9.47. The van der Waals surface area contributed by atoms with Crippen molar-refractivity contribution in [3.63, 3.8) is 0 Å². The molecule has 3 N–H and O–H groups in total. The van der Waals surface area contributed by atoms with Crippen molar-refractivity contribution in [3.05, 3.63) is 63.7 Å². The van der Waals surface area contributed by atoms with Crippen LogP contribution in [0.2, 0.25) is 0 Å². The molecule has 0 aromatic heterocycles. The van der Waals surface area contributed by atoms with Crippen molar-refractivity contribution in [2.75, 3.05) is 11.1 Å². The van der Waals surface area contributed by atoms with Gasteiger partial charge in [-0.15, -0.1) is 0 Å². The first kappa shape index (κ1) is 13.9. The van der Waals surface area contributed by atoms with E-state index >= 15 is 0 Å².